The van der Waals surface area contributed by atoms with Gasteiger partial charge in [0.2, 0.25) is 0 Å². The van der Waals surface area contributed by atoms with E-state index in [0.29, 0.717) is 11.4 Å². The number of aryl methyl sites for hydroxylation is 1. The average molecular weight is 214 g/mol. The van der Waals surface area contributed by atoms with E-state index in [1.165, 1.54) is 18.4 Å². The van der Waals surface area contributed by atoms with E-state index < -0.39 is 0 Å². The van der Waals surface area contributed by atoms with Gasteiger partial charge >= 0.3 is 5.97 Å². The Kier molecular flexibility index (Phi) is 4.03. The number of nitrogens with zero attached hydrogens (tertiary/aromatic N) is 1. The van der Waals surface area contributed by atoms with Crippen LogP contribution in [0.3, 0.4) is 0 Å². The molecule has 78 valence electrons. The summed E-state index contributed by atoms with van der Waals surface area (Å²) < 4.78 is 4.67. The largest absolute Gasteiger partial charge is 0.465 e. The molecule has 1 rings (SSSR count). The van der Waals surface area contributed by atoms with Crippen LogP contribution in [0.5, 0.6) is 0 Å². The van der Waals surface area contributed by atoms with Crippen molar-refractivity contribution in [1.82, 2.24) is 4.98 Å². The Morgan fingerprint density at radius 3 is 2.86 bits per heavy atom. The third-order valence-corrected chi connectivity index (χ3v) is 2.87. The van der Waals surface area contributed by atoms with Gasteiger partial charge in [-0.1, -0.05) is 13.3 Å². The molecule has 0 aliphatic heterocycles. The quantitative estimate of drug-likeness (QED) is 0.768. The lowest BCUT2D eigenvalue weighted by atomic mass is 10.2. The van der Waals surface area contributed by atoms with Gasteiger partial charge in [0.1, 0.15) is 9.88 Å². The van der Waals surface area contributed by atoms with Crippen molar-refractivity contribution in [2.24, 2.45) is 5.73 Å². The summed E-state index contributed by atoms with van der Waals surface area (Å²) in [5, 5.41) is 0.786. The number of esters is 1. The summed E-state index contributed by atoms with van der Waals surface area (Å²) in [5.41, 5.74) is 6.28. The van der Waals surface area contributed by atoms with Crippen molar-refractivity contribution in [2.75, 3.05) is 7.11 Å². The minimum atomic E-state index is -0.314. The van der Waals surface area contributed by atoms with E-state index in [1.54, 1.807) is 0 Å². The molecule has 0 atom stereocenters. The van der Waals surface area contributed by atoms with Gasteiger partial charge in [-0.15, -0.1) is 11.3 Å². The first-order chi connectivity index (χ1) is 6.72. The lowest BCUT2D eigenvalue weighted by Gasteiger charge is -1.97. The fraction of sp³-hybridized carbons (Fsp3) is 0.556. The maximum Gasteiger partial charge on any atom is 0.349 e. The van der Waals surface area contributed by atoms with Gasteiger partial charge in [-0.05, 0) is 6.42 Å². The molecule has 0 bridgehead atoms. The molecule has 0 aliphatic carbocycles. The van der Waals surface area contributed by atoms with Crippen molar-refractivity contribution >= 4 is 17.3 Å². The Morgan fingerprint density at radius 1 is 1.64 bits per heavy atom. The van der Waals surface area contributed by atoms with Gasteiger partial charge in [0.25, 0.3) is 0 Å². The predicted molar refractivity (Wildman–Crippen MR) is 55.3 cm³/mol. The lowest BCUT2D eigenvalue weighted by Crippen LogP contribution is -2.02. The molecule has 0 saturated carbocycles. The molecule has 2 N–H and O–H groups in total. The van der Waals surface area contributed by atoms with Crippen molar-refractivity contribution in [3.63, 3.8) is 0 Å². The summed E-state index contributed by atoms with van der Waals surface area (Å²) in [7, 11) is 1.37. The van der Waals surface area contributed by atoms with Crippen LogP contribution in [-0.2, 0) is 17.7 Å². The molecule has 0 aromatic carbocycles. The molecule has 0 aliphatic rings. The maximum absolute atomic E-state index is 11.3. The third kappa shape index (κ3) is 2.30. The number of methoxy groups -OCH3 is 1. The van der Waals surface area contributed by atoms with Crippen molar-refractivity contribution < 1.29 is 9.53 Å². The van der Waals surface area contributed by atoms with Gasteiger partial charge in [-0.3, -0.25) is 0 Å². The number of ether oxygens (including phenoxy) is 1. The zero-order chi connectivity index (χ0) is 10.6. The van der Waals surface area contributed by atoms with Crippen molar-refractivity contribution in [2.45, 2.75) is 26.3 Å². The fourth-order valence-corrected chi connectivity index (χ4v) is 2.05. The van der Waals surface area contributed by atoms with Crippen LogP contribution in [0, 0.1) is 0 Å². The first kappa shape index (κ1) is 11.1. The Morgan fingerprint density at radius 2 is 2.36 bits per heavy atom. The van der Waals surface area contributed by atoms with Crippen LogP contribution in [0.2, 0.25) is 0 Å². The average Bonchev–Trinajstić information content (AvgIpc) is 2.61. The second-order valence-corrected chi connectivity index (χ2v) is 3.91. The molecule has 5 heteroatoms. The summed E-state index contributed by atoms with van der Waals surface area (Å²) in [5.74, 6) is -0.314. The second-order valence-electron chi connectivity index (χ2n) is 2.83. The van der Waals surface area contributed by atoms with Crippen LogP contribution in [0.1, 0.15) is 33.7 Å². The number of hydrogen-bond donors (Lipinski definition) is 1. The molecule has 0 saturated heterocycles. The van der Waals surface area contributed by atoms with E-state index in [4.69, 9.17) is 5.73 Å². The van der Waals surface area contributed by atoms with Crippen LogP contribution < -0.4 is 5.73 Å². The molecule has 0 spiro atoms. The highest BCUT2D eigenvalue weighted by atomic mass is 32.1. The molecule has 1 aromatic rings. The standard InChI is InChI=1S/C9H14N2O2S/c1-3-4-6-8(9(12)13-2)14-7(5-10)11-6/h3-5,10H2,1-2H3. The predicted octanol–water partition coefficient (Wildman–Crippen LogP) is 1.34. The van der Waals surface area contributed by atoms with Gasteiger partial charge in [0.15, 0.2) is 0 Å². The second kappa shape index (κ2) is 5.07. The summed E-state index contributed by atoms with van der Waals surface area (Å²) in [4.78, 5) is 16.2. The minimum absolute atomic E-state index is 0.314. The molecule has 0 unspecified atom stereocenters. The van der Waals surface area contributed by atoms with E-state index in [2.05, 4.69) is 9.72 Å². The molecule has 4 nitrogen and oxygen atoms in total. The number of carbonyl (C=O) groups is 1. The molecule has 0 amide bonds. The highest BCUT2D eigenvalue weighted by Crippen LogP contribution is 2.20. The third-order valence-electron chi connectivity index (χ3n) is 1.77. The summed E-state index contributed by atoms with van der Waals surface area (Å²) in [6.45, 7) is 2.42. The van der Waals surface area contributed by atoms with Crippen LogP contribution in [0.4, 0.5) is 0 Å². The normalized spacial score (nSPS) is 10.2. The molecule has 0 radical (unpaired) electrons. The molecule has 0 fully saturated rings. The van der Waals surface area contributed by atoms with E-state index in [1.807, 2.05) is 6.92 Å². The van der Waals surface area contributed by atoms with Gasteiger partial charge in [0, 0.05) is 6.54 Å². The van der Waals surface area contributed by atoms with Gasteiger partial charge in [-0.2, -0.15) is 0 Å². The van der Waals surface area contributed by atoms with Crippen molar-refractivity contribution in [1.29, 1.82) is 0 Å². The van der Waals surface area contributed by atoms with E-state index >= 15 is 0 Å². The summed E-state index contributed by atoms with van der Waals surface area (Å²) >= 11 is 1.32. The number of hydrogen-bond acceptors (Lipinski definition) is 5. The van der Waals surface area contributed by atoms with Crippen LogP contribution in [-0.4, -0.2) is 18.1 Å². The first-order valence-electron chi connectivity index (χ1n) is 4.49. The monoisotopic (exact) mass is 214 g/mol. The molecular formula is C9H14N2O2S. The first-order valence-corrected chi connectivity index (χ1v) is 5.31. The van der Waals surface area contributed by atoms with E-state index in [-0.39, 0.29) is 5.97 Å². The van der Waals surface area contributed by atoms with Crippen molar-refractivity contribution in [3.8, 4) is 0 Å². The molecular weight excluding hydrogens is 200 g/mol. The van der Waals surface area contributed by atoms with Gasteiger partial charge in [0.05, 0.1) is 12.8 Å². The van der Waals surface area contributed by atoms with E-state index in [0.717, 1.165) is 23.5 Å². The Hall–Kier alpha value is -0.940. The van der Waals surface area contributed by atoms with Gasteiger partial charge < -0.3 is 10.5 Å². The zero-order valence-corrected chi connectivity index (χ0v) is 9.19. The number of aromatic nitrogens is 1. The maximum atomic E-state index is 11.3. The summed E-state index contributed by atoms with van der Waals surface area (Å²) in [6.07, 6.45) is 1.75. The Balaban J connectivity index is 2.99. The Bertz CT molecular complexity index is 323. The zero-order valence-electron chi connectivity index (χ0n) is 8.37. The number of nitrogens with two attached hydrogens (primary N) is 1. The molecule has 14 heavy (non-hydrogen) atoms. The van der Waals surface area contributed by atoms with Gasteiger partial charge in [-0.25, -0.2) is 9.78 Å². The van der Waals surface area contributed by atoms with Crippen LogP contribution in [0.15, 0.2) is 0 Å². The Labute approximate surface area is 87.1 Å². The lowest BCUT2D eigenvalue weighted by molar-refractivity contribution is 0.0605. The van der Waals surface area contributed by atoms with Crippen LogP contribution >= 0.6 is 11.3 Å². The number of thiazole rings is 1. The van der Waals surface area contributed by atoms with Crippen LogP contribution in [0.25, 0.3) is 0 Å². The smallest absolute Gasteiger partial charge is 0.349 e. The molecule has 1 aromatic heterocycles. The minimum Gasteiger partial charge on any atom is -0.465 e. The highest BCUT2D eigenvalue weighted by molar-refractivity contribution is 7.13. The van der Waals surface area contributed by atoms with Crippen molar-refractivity contribution in [3.05, 3.63) is 15.6 Å². The summed E-state index contributed by atoms with van der Waals surface area (Å²) in [6, 6.07) is 0. The topological polar surface area (TPSA) is 65.2 Å². The number of rotatable bonds is 4. The number of carbonyl (C=O) groups excluding carboxylic acids is 1. The highest BCUT2D eigenvalue weighted by Gasteiger charge is 2.16. The van der Waals surface area contributed by atoms with E-state index in [9.17, 15) is 4.79 Å². The SMILES string of the molecule is CCCc1nc(CN)sc1C(=O)OC. The molecule has 1 heterocycles. The fourth-order valence-electron chi connectivity index (χ4n) is 1.15.